The zero-order valence-corrected chi connectivity index (χ0v) is 19.7. The van der Waals surface area contributed by atoms with Crippen molar-refractivity contribution in [2.75, 3.05) is 39.9 Å². The van der Waals surface area contributed by atoms with E-state index in [0.717, 1.165) is 51.6 Å². The lowest BCUT2D eigenvalue weighted by Gasteiger charge is -2.37. The number of aliphatic imine (C=N–C) groups is 1. The third-order valence-corrected chi connectivity index (χ3v) is 6.56. The van der Waals surface area contributed by atoms with Crippen molar-refractivity contribution in [2.24, 2.45) is 4.99 Å². The molecule has 1 saturated carbocycles. The second kappa shape index (κ2) is 9.41. The summed E-state index contributed by atoms with van der Waals surface area (Å²) in [4.78, 5) is 6.87. The molecule has 27 heavy (non-hydrogen) atoms. The molecule has 7 heteroatoms. The normalized spacial score (nSPS) is 27.2. The molecule has 1 aromatic rings. The molecule has 0 bridgehead atoms. The van der Waals surface area contributed by atoms with Crippen molar-refractivity contribution >= 4 is 45.9 Å². The second-order valence-electron chi connectivity index (χ2n) is 7.57. The summed E-state index contributed by atoms with van der Waals surface area (Å²) in [6.07, 6.45) is 5.10. The van der Waals surface area contributed by atoms with Gasteiger partial charge < -0.3 is 19.7 Å². The molecule has 3 aliphatic rings. The van der Waals surface area contributed by atoms with E-state index < -0.39 is 0 Å². The van der Waals surface area contributed by atoms with Crippen LogP contribution in [0, 0.1) is 0 Å². The van der Waals surface area contributed by atoms with E-state index in [0.29, 0.717) is 0 Å². The highest BCUT2D eigenvalue weighted by atomic mass is 127. The van der Waals surface area contributed by atoms with Crippen molar-refractivity contribution in [2.45, 2.75) is 43.3 Å². The van der Waals surface area contributed by atoms with Crippen LogP contribution in [-0.4, -0.2) is 63.0 Å². The Morgan fingerprint density at radius 3 is 2.70 bits per heavy atom. The smallest absolute Gasteiger partial charge is 0.193 e. The molecule has 2 unspecified atom stereocenters. The Kier molecular flexibility index (Phi) is 7.44. The lowest BCUT2D eigenvalue weighted by molar-refractivity contribution is -0.0817. The highest BCUT2D eigenvalue weighted by Crippen LogP contribution is 2.49. The van der Waals surface area contributed by atoms with E-state index in [1.54, 1.807) is 0 Å². The highest BCUT2D eigenvalue weighted by molar-refractivity contribution is 14.0. The predicted molar refractivity (Wildman–Crippen MR) is 122 cm³/mol. The van der Waals surface area contributed by atoms with Gasteiger partial charge in [0.2, 0.25) is 0 Å². The van der Waals surface area contributed by atoms with E-state index in [4.69, 9.17) is 9.47 Å². The van der Waals surface area contributed by atoms with Gasteiger partial charge in [0.15, 0.2) is 5.96 Å². The van der Waals surface area contributed by atoms with Gasteiger partial charge in [-0.3, -0.25) is 4.99 Å². The SMILES string of the molecule is CN=C(NCC1(c2ccccc2Br)CC1)N1CCOC(C2CCCO2)C1.I. The Balaban J connectivity index is 0.00000210. The van der Waals surface area contributed by atoms with Crippen molar-refractivity contribution in [3.05, 3.63) is 34.3 Å². The van der Waals surface area contributed by atoms with Gasteiger partial charge in [0, 0.05) is 43.2 Å². The molecular weight excluding hydrogens is 521 g/mol. The maximum atomic E-state index is 5.97. The topological polar surface area (TPSA) is 46.1 Å². The highest BCUT2D eigenvalue weighted by Gasteiger charge is 2.45. The number of ether oxygens (including phenoxy) is 2. The number of guanidine groups is 1. The molecule has 0 amide bonds. The van der Waals surface area contributed by atoms with Crippen molar-refractivity contribution in [3.8, 4) is 0 Å². The van der Waals surface area contributed by atoms with Crippen LogP contribution in [0.4, 0.5) is 0 Å². The van der Waals surface area contributed by atoms with Crippen LogP contribution < -0.4 is 5.32 Å². The Morgan fingerprint density at radius 1 is 1.26 bits per heavy atom. The van der Waals surface area contributed by atoms with Crippen LogP contribution in [0.15, 0.2) is 33.7 Å². The lowest BCUT2D eigenvalue weighted by Crippen LogP contribution is -2.54. The summed E-state index contributed by atoms with van der Waals surface area (Å²) in [5.41, 5.74) is 1.64. The van der Waals surface area contributed by atoms with Gasteiger partial charge in [0.05, 0.1) is 12.7 Å². The first-order chi connectivity index (χ1) is 12.7. The summed E-state index contributed by atoms with van der Waals surface area (Å²) in [7, 11) is 1.87. The number of hydrogen-bond acceptors (Lipinski definition) is 3. The van der Waals surface area contributed by atoms with Crippen molar-refractivity contribution in [1.82, 2.24) is 10.2 Å². The maximum Gasteiger partial charge on any atom is 0.193 e. The first-order valence-corrected chi connectivity index (χ1v) is 10.4. The maximum absolute atomic E-state index is 5.97. The molecule has 2 aliphatic heterocycles. The standard InChI is InChI=1S/C20H28BrN3O2.HI/c1-22-19(24-10-12-26-18(13-24)17-7-4-11-25-17)23-14-20(8-9-20)15-5-2-3-6-16(15)21;/h2-3,5-6,17-18H,4,7-14H2,1H3,(H,22,23);1H. The van der Waals surface area contributed by atoms with E-state index >= 15 is 0 Å². The van der Waals surface area contributed by atoms with Gasteiger partial charge in [-0.15, -0.1) is 24.0 Å². The van der Waals surface area contributed by atoms with E-state index in [2.05, 4.69) is 55.4 Å². The lowest BCUT2D eigenvalue weighted by atomic mass is 9.96. The summed E-state index contributed by atoms with van der Waals surface area (Å²) in [6.45, 7) is 4.26. The van der Waals surface area contributed by atoms with Crippen LogP contribution in [0.1, 0.15) is 31.2 Å². The molecule has 5 nitrogen and oxygen atoms in total. The minimum atomic E-state index is 0. The third kappa shape index (κ3) is 4.79. The minimum absolute atomic E-state index is 0. The van der Waals surface area contributed by atoms with Crippen LogP contribution in [0.3, 0.4) is 0 Å². The molecule has 0 aromatic heterocycles. The number of nitrogens with zero attached hydrogens (tertiary/aromatic N) is 2. The Morgan fingerprint density at radius 2 is 2.04 bits per heavy atom. The Hall–Kier alpha value is -0.380. The Labute approximate surface area is 187 Å². The van der Waals surface area contributed by atoms with Gasteiger partial charge in [-0.1, -0.05) is 34.1 Å². The van der Waals surface area contributed by atoms with E-state index in [-0.39, 0.29) is 41.6 Å². The number of hydrogen-bond donors (Lipinski definition) is 1. The Bertz CT molecular complexity index is 662. The molecule has 1 N–H and O–H groups in total. The number of morpholine rings is 1. The first-order valence-electron chi connectivity index (χ1n) is 9.66. The summed E-state index contributed by atoms with van der Waals surface area (Å²) < 4.78 is 13.0. The van der Waals surface area contributed by atoms with Gasteiger partial charge in [-0.2, -0.15) is 0 Å². The van der Waals surface area contributed by atoms with E-state index in [1.165, 1.54) is 22.9 Å². The van der Waals surface area contributed by atoms with Crippen molar-refractivity contribution < 1.29 is 9.47 Å². The summed E-state index contributed by atoms with van der Waals surface area (Å²) in [6, 6.07) is 8.58. The molecule has 3 fully saturated rings. The first kappa shape index (κ1) is 21.3. The predicted octanol–water partition coefficient (Wildman–Crippen LogP) is 3.55. The van der Waals surface area contributed by atoms with Gasteiger partial charge in [0.1, 0.15) is 6.10 Å². The molecule has 150 valence electrons. The van der Waals surface area contributed by atoms with Crippen LogP contribution >= 0.6 is 39.9 Å². The summed E-state index contributed by atoms with van der Waals surface area (Å²) in [5, 5.41) is 3.64. The fraction of sp³-hybridized carbons (Fsp3) is 0.650. The van der Waals surface area contributed by atoms with Crippen LogP contribution in [0.2, 0.25) is 0 Å². The molecule has 2 heterocycles. The van der Waals surface area contributed by atoms with Crippen LogP contribution in [0.25, 0.3) is 0 Å². The molecule has 2 atom stereocenters. The van der Waals surface area contributed by atoms with Crippen LogP contribution in [-0.2, 0) is 14.9 Å². The average molecular weight is 550 g/mol. The summed E-state index contributed by atoms with van der Waals surface area (Å²) >= 11 is 3.72. The van der Waals surface area contributed by atoms with Gasteiger partial charge >= 0.3 is 0 Å². The fourth-order valence-corrected chi connectivity index (χ4v) is 4.86. The number of rotatable bonds is 4. The largest absolute Gasteiger partial charge is 0.375 e. The quantitative estimate of drug-likeness (QED) is 0.354. The molecule has 4 rings (SSSR count). The van der Waals surface area contributed by atoms with Gasteiger partial charge in [-0.05, 0) is 37.3 Å². The molecule has 1 aliphatic carbocycles. The van der Waals surface area contributed by atoms with Gasteiger partial charge in [0.25, 0.3) is 0 Å². The summed E-state index contributed by atoms with van der Waals surface area (Å²) in [5.74, 6) is 0.981. The number of halogens is 2. The molecule has 0 radical (unpaired) electrons. The van der Waals surface area contributed by atoms with E-state index in [1.807, 2.05) is 7.05 Å². The number of nitrogens with one attached hydrogen (secondary N) is 1. The molecule has 1 aromatic carbocycles. The zero-order valence-electron chi connectivity index (χ0n) is 15.8. The van der Waals surface area contributed by atoms with Crippen LogP contribution in [0.5, 0.6) is 0 Å². The minimum Gasteiger partial charge on any atom is -0.375 e. The molecular formula is C20H29BrIN3O2. The third-order valence-electron chi connectivity index (χ3n) is 5.87. The number of benzene rings is 1. The average Bonchev–Trinajstić information content (AvgIpc) is 3.25. The van der Waals surface area contributed by atoms with Gasteiger partial charge in [-0.25, -0.2) is 0 Å². The van der Waals surface area contributed by atoms with E-state index in [9.17, 15) is 0 Å². The monoisotopic (exact) mass is 549 g/mol. The molecule has 0 spiro atoms. The van der Waals surface area contributed by atoms with Crippen molar-refractivity contribution in [1.29, 1.82) is 0 Å². The zero-order chi connectivity index (χ0) is 18.0. The van der Waals surface area contributed by atoms with Crippen molar-refractivity contribution in [3.63, 3.8) is 0 Å². The second-order valence-corrected chi connectivity index (χ2v) is 8.42. The fourth-order valence-electron chi connectivity index (χ4n) is 4.15. The molecule has 2 saturated heterocycles.